The maximum Gasteiger partial charge on any atom is 0.267 e. The Balaban J connectivity index is 1.83. The summed E-state index contributed by atoms with van der Waals surface area (Å²) < 4.78 is 35.8. The van der Waals surface area contributed by atoms with Gasteiger partial charge < -0.3 is 4.74 Å². The van der Waals surface area contributed by atoms with Gasteiger partial charge in [-0.05, 0) is 62.1 Å². The first kappa shape index (κ1) is 23.9. The van der Waals surface area contributed by atoms with E-state index in [4.69, 9.17) is 4.74 Å². The van der Waals surface area contributed by atoms with Crippen LogP contribution in [0, 0.1) is 39.0 Å². The second kappa shape index (κ2) is 9.19. The summed E-state index contributed by atoms with van der Waals surface area (Å²) in [5.41, 5.74) is 5.35. The van der Waals surface area contributed by atoms with Crippen molar-refractivity contribution >= 4 is 16.0 Å². The van der Waals surface area contributed by atoms with Crippen LogP contribution in [0.4, 0.5) is 5.95 Å². The average molecular weight is 489 g/mol. The van der Waals surface area contributed by atoms with E-state index in [-0.39, 0.29) is 16.7 Å². The van der Waals surface area contributed by atoms with E-state index in [0.29, 0.717) is 17.0 Å². The minimum absolute atomic E-state index is 0.0117. The van der Waals surface area contributed by atoms with Crippen LogP contribution in [0.25, 0.3) is 11.3 Å². The van der Waals surface area contributed by atoms with Crippen LogP contribution in [0.1, 0.15) is 27.8 Å². The van der Waals surface area contributed by atoms with Gasteiger partial charge in [0, 0.05) is 24.9 Å². The molecule has 0 atom stereocenters. The Morgan fingerprint density at radius 2 is 1.66 bits per heavy atom. The highest BCUT2D eigenvalue weighted by Gasteiger charge is 2.21. The number of anilines is 1. The van der Waals surface area contributed by atoms with Crippen molar-refractivity contribution in [2.24, 2.45) is 7.05 Å². The van der Waals surface area contributed by atoms with Crippen LogP contribution in [0.3, 0.4) is 0 Å². The molecular formula is C25H24N6O3S. The fourth-order valence-electron chi connectivity index (χ4n) is 3.87. The van der Waals surface area contributed by atoms with Crippen LogP contribution in [0.15, 0.2) is 53.7 Å². The van der Waals surface area contributed by atoms with Gasteiger partial charge in [-0.15, -0.1) is 0 Å². The molecule has 0 saturated heterocycles. The van der Waals surface area contributed by atoms with Crippen LogP contribution >= 0.6 is 0 Å². The van der Waals surface area contributed by atoms with Gasteiger partial charge in [0.05, 0.1) is 23.5 Å². The second-order valence-corrected chi connectivity index (χ2v) is 9.97. The molecule has 0 saturated carbocycles. The van der Waals surface area contributed by atoms with Gasteiger partial charge >= 0.3 is 0 Å². The van der Waals surface area contributed by atoms with E-state index in [1.165, 1.54) is 17.1 Å². The third-order valence-electron chi connectivity index (χ3n) is 5.45. The molecule has 0 aliphatic heterocycles. The number of ether oxygens (including phenoxy) is 1. The number of benzene rings is 2. The van der Waals surface area contributed by atoms with E-state index in [1.807, 2.05) is 45.9 Å². The number of nitrogens with one attached hydrogen (secondary N) is 1. The maximum atomic E-state index is 12.9. The molecule has 2 aromatic carbocycles. The monoisotopic (exact) mass is 488 g/mol. The lowest BCUT2D eigenvalue weighted by Gasteiger charge is -2.15. The van der Waals surface area contributed by atoms with Gasteiger partial charge in [0.1, 0.15) is 10.6 Å². The third kappa shape index (κ3) is 5.00. The lowest BCUT2D eigenvalue weighted by atomic mass is 10.00. The zero-order valence-electron chi connectivity index (χ0n) is 20.0. The molecule has 0 radical (unpaired) electrons. The third-order valence-corrected chi connectivity index (χ3v) is 6.74. The molecule has 0 bridgehead atoms. The molecule has 1 N–H and O–H groups in total. The first-order chi connectivity index (χ1) is 16.6. The lowest BCUT2D eigenvalue weighted by molar-refractivity contribution is 0.456. The molecule has 4 rings (SSSR count). The highest BCUT2D eigenvalue weighted by Crippen LogP contribution is 2.33. The lowest BCUT2D eigenvalue weighted by Crippen LogP contribution is -2.15. The number of nitriles is 1. The summed E-state index contributed by atoms with van der Waals surface area (Å²) in [6.45, 7) is 7.59. The normalized spacial score (nSPS) is 11.2. The van der Waals surface area contributed by atoms with Gasteiger partial charge in [0.15, 0.2) is 0 Å². The summed E-state index contributed by atoms with van der Waals surface area (Å²) in [4.78, 5) is 8.83. The Morgan fingerprint density at radius 1 is 1.00 bits per heavy atom. The van der Waals surface area contributed by atoms with Crippen LogP contribution in [-0.2, 0) is 17.1 Å². The molecule has 0 aliphatic carbocycles. The van der Waals surface area contributed by atoms with E-state index in [1.54, 1.807) is 25.2 Å². The highest BCUT2D eigenvalue weighted by atomic mass is 32.2. The van der Waals surface area contributed by atoms with Gasteiger partial charge in [-0.2, -0.15) is 15.3 Å². The van der Waals surface area contributed by atoms with Crippen molar-refractivity contribution in [2.45, 2.75) is 32.6 Å². The fraction of sp³-hybridized carbons (Fsp3) is 0.200. The fourth-order valence-corrected chi connectivity index (χ4v) is 4.79. The van der Waals surface area contributed by atoms with Crippen LogP contribution in [0.2, 0.25) is 0 Å². The Labute approximate surface area is 204 Å². The molecule has 0 aliphatic rings. The zero-order valence-corrected chi connectivity index (χ0v) is 20.8. The Bertz CT molecular complexity index is 1540. The van der Waals surface area contributed by atoms with Crippen molar-refractivity contribution < 1.29 is 13.2 Å². The van der Waals surface area contributed by atoms with Gasteiger partial charge in [-0.25, -0.2) is 18.1 Å². The Hall–Kier alpha value is -4.23. The van der Waals surface area contributed by atoms with Gasteiger partial charge in [0.25, 0.3) is 10.0 Å². The first-order valence-electron chi connectivity index (χ1n) is 10.7. The molecule has 35 heavy (non-hydrogen) atoms. The first-order valence-corrected chi connectivity index (χ1v) is 12.2. The molecule has 0 spiro atoms. The predicted octanol–water partition coefficient (Wildman–Crippen LogP) is 4.58. The predicted molar refractivity (Wildman–Crippen MR) is 132 cm³/mol. The summed E-state index contributed by atoms with van der Waals surface area (Å²) in [5.74, 6) is 0.571. The Kier molecular flexibility index (Phi) is 6.28. The van der Waals surface area contributed by atoms with Crippen LogP contribution in [0.5, 0.6) is 11.6 Å². The molecule has 0 amide bonds. The summed E-state index contributed by atoms with van der Waals surface area (Å²) in [5, 5.41) is 13.2. The molecule has 2 aromatic heterocycles. The topological polar surface area (TPSA) is 123 Å². The van der Waals surface area contributed by atoms with Gasteiger partial charge in [0.2, 0.25) is 11.8 Å². The second-order valence-electron chi connectivity index (χ2n) is 8.29. The van der Waals surface area contributed by atoms with E-state index in [9.17, 15) is 13.7 Å². The molecule has 178 valence electrons. The summed E-state index contributed by atoms with van der Waals surface area (Å²) >= 11 is 0. The number of nitrogens with zero attached hydrogens (tertiary/aromatic N) is 5. The smallest absolute Gasteiger partial charge is 0.267 e. The Morgan fingerprint density at radius 3 is 2.23 bits per heavy atom. The molecule has 0 unspecified atom stereocenters. The number of aryl methyl sites for hydroxylation is 5. The van der Waals surface area contributed by atoms with E-state index < -0.39 is 10.0 Å². The van der Waals surface area contributed by atoms with E-state index in [2.05, 4.69) is 25.9 Å². The van der Waals surface area contributed by atoms with Crippen LogP contribution < -0.4 is 9.46 Å². The standard InChI is InChI=1S/C25H24N6O3S/c1-15-7-6-8-16(2)23(15)21-11-22(34-24-17(3)9-19(12-26)10-18(24)4)29-25(28-21)30-35(32,33)20-13-27-31(5)14-20/h6-11,13-14H,1-5H3,(H,28,29,30). The molecule has 0 fully saturated rings. The van der Waals surface area contributed by atoms with Crippen molar-refractivity contribution in [3.63, 3.8) is 0 Å². The zero-order chi connectivity index (χ0) is 25.3. The number of sulfonamides is 1. The van der Waals surface area contributed by atoms with Gasteiger partial charge in [-0.3, -0.25) is 4.68 Å². The number of hydrogen-bond acceptors (Lipinski definition) is 7. The molecule has 10 heteroatoms. The molecule has 9 nitrogen and oxygen atoms in total. The van der Waals surface area contributed by atoms with Crippen molar-refractivity contribution in [1.29, 1.82) is 5.26 Å². The highest BCUT2D eigenvalue weighted by molar-refractivity contribution is 7.92. The number of rotatable bonds is 6. The van der Waals surface area contributed by atoms with E-state index >= 15 is 0 Å². The number of hydrogen-bond donors (Lipinski definition) is 1. The molecule has 2 heterocycles. The van der Waals surface area contributed by atoms with Crippen LogP contribution in [-0.4, -0.2) is 28.2 Å². The maximum absolute atomic E-state index is 12.9. The molecule has 4 aromatic rings. The minimum Gasteiger partial charge on any atom is -0.438 e. The largest absolute Gasteiger partial charge is 0.438 e. The SMILES string of the molecule is Cc1cc(C#N)cc(C)c1Oc1cc(-c2c(C)cccc2C)nc(NS(=O)(=O)c2cnn(C)c2)n1. The summed E-state index contributed by atoms with van der Waals surface area (Å²) in [6, 6.07) is 13.1. The van der Waals surface area contributed by atoms with Crippen molar-refractivity contribution in [3.05, 3.63) is 76.6 Å². The average Bonchev–Trinajstić information content (AvgIpc) is 3.23. The van der Waals surface area contributed by atoms with Crippen molar-refractivity contribution in [2.75, 3.05) is 4.72 Å². The summed E-state index contributed by atoms with van der Waals surface area (Å²) in [6.07, 6.45) is 2.64. The molecular weight excluding hydrogens is 464 g/mol. The summed E-state index contributed by atoms with van der Waals surface area (Å²) in [7, 11) is -2.35. The van der Waals surface area contributed by atoms with Crippen molar-refractivity contribution in [1.82, 2.24) is 19.7 Å². The number of aromatic nitrogens is 4. The van der Waals surface area contributed by atoms with Crippen molar-refractivity contribution in [3.8, 4) is 29.0 Å². The van der Waals surface area contributed by atoms with E-state index in [0.717, 1.165) is 27.8 Å². The minimum atomic E-state index is -3.98. The quantitative estimate of drug-likeness (QED) is 0.421. The van der Waals surface area contributed by atoms with Gasteiger partial charge in [-0.1, -0.05) is 18.2 Å².